The first-order chi connectivity index (χ1) is 13.6. The Morgan fingerprint density at radius 2 is 1.97 bits per heavy atom. The van der Waals surface area contributed by atoms with E-state index in [4.69, 9.17) is 4.74 Å². The number of guanidine groups is 1. The third-order valence-electron chi connectivity index (χ3n) is 5.53. The van der Waals surface area contributed by atoms with Crippen molar-refractivity contribution in [1.29, 1.82) is 0 Å². The second-order valence-electron chi connectivity index (χ2n) is 7.54. The van der Waals surface area contributed by atoms with E-state index in [0.717, 1.165) is 38.3 Å². The number of nitrogens with one attached hydrogen (secondary N) is 3. The summed E-state index contributed by atoms with van der Waals surface area (Å²) in [7, 11) is 1.74. The smallest absolute Gasteiger partial charge is 0.243 e. The molecule has 0 bridgehead atoms. The summed E-state index contributed by atoms with van der Waals surface area (Å²) < 4.78 is 5.58. The van der Waals surface area contributed by atoms with E-state index in [1.54, 1.807) is 7.05 Å². The van der Waals surface area contributed by atoms with E-state index >= 15 is 0 Å². The van der Waals surface area contributed by atoms with Crippen LogP contribution < -0.4 is 16.0 Å². The van der Waals surface area contributed by atoms with Crippen LogP contribution in [0.5, 0.6) is 0 Å². The van der Waals surface area contributed by atoms with Gasteiger partial charge in [-0.1, -0.05) is 31.9 Å². The molecule has 3 N–H and O–H groups in total. The maximum absolute atomic E-state index is 12.3. The van der Waals surface area contributed by atoms with E-state index in [1.165, 1.54) is 31.2 Å². The minimum atomic E-state index is -0.0804. The fraction of sp³-hybridized carbons (Fsp3) is 0.636. The molecular formula is C22H37IN4O2. The molecule has 1 fully saturated rings. The maximum Gasteiger partial charge on any atom is 0.243 e. The van der Waals surface area contributed by atoms with E-state index in [1.807, 2.05) is 25.1 Å². The second-order valence-corrected chi connectivity index (χ2v) is 7.54. The number of hydrogen-bond donors (Lipinski definition) is 3. The van der Waals surface area contributed by atoms with E-state index < -0.39 is 0 Å². The van der Waals surface area contributed by atoms with Crippen LogP contribution in [0, 0.1) is 5.41 Å². The number of aliphatic imine (C=N–C) groups is 1. The summed E-state index contributed by atoms with van der Waals surface area (Å²) >= 11 is 0. The molecule has 1 amide bonds. The molecular weight excluding hydrogens is 479 g/mol. The number of amides is 1. The highest BCUT2D eigenvalue weighted by Crippen LogP contribution is 2.40. The Balaban J connectivity index is 0.00000420. The molecule has 0 unspecified atom stereocenters. The monoisotopic (exact) mass is 516 g/mol. The quantitative estimate of drug-likeness (QED) is 0.191. The minimum Gasteiger partial charge on any atom is -0.382 e. The van der Waals surface area contributed by atoms with Crippen molar-refractivity contribution < 1.29 is 9.53 Å². The number of aryl methyl sites for hydroxylation is 1. The van der Waals surface area contributed by atoms with Crippen LogP contribution in [0.1, 0.15) is 51.5 Å². The Hall–Kier alpha value is -1.35. The van der Waals surface area contributed by atoms with Gasteiger partial charge >= 0.3 is 0 Å². The molecule has 0 aromatic heterocycles. The number of benzene rings is 1. The zero-order chi connectivity index (χ0) is 20.2. The largest absolute Gasteiger partial charge is 0.382 e. The van der Waals surface area contributed by atoms with E-state index in [9.17, 15) is 4.79 Å². The minimum absolute atomic E-state index is 0. The zero-order valence-corrected chi connectivity index (χ0v) is 20.4. The van der Waals surface area contributed by atoms with Crippen molar-refractivity contribution in [1.82, 2.24) is 10.6 Å². The number of carbonyl (C=O) groups excluding carboxylic acids is 1. The molecule has 1 aromatic rings. The summed E-state index contributed by atoms with van der Waals surface area (Å²) in [6.07, 6.45) is 7.01. The summed E-state index contributed by atoms with van der Waals surface area (Å²) in [6.45, 7) is 6.76. The molecule has 0 aliphatic heterocycles. The van der Waals surface area contributed by atoms with Gasteiger partial charge in [0.05, 0.1) is 6.54 Å². The number of nitrogens with zero attached hydrogens (tertiary/aromatic N) is 1. The first-order valence-electron chi connectivity index (χ1n) is 10.5. The highest BCUT2D eigenvalue weighted by atomic mass is 127. The molecule has 1 aliphatic carbocycles. The van der Waals surface area contributed by atoms with Gasteiger partial charge in [0.2, 0.25) is 5.91 Å². The first kappa shape index (κ1) is 25.7. The normalized spacial score (nSPS) is 15.5. The Morgan fingerprint density at radius 1 is 1.21 bits per heavy atom. The highest BCUT2D eigenvalue weighted by molar-refractivity contribution is 14.0. The van der Waals surface area contributed by atoms with Crippen LogP contribution in [-0.4, -0.2) is 45.2 Å². The fourth-order valence-electron chi connectivity index (χ4n) is 3.80. The molecule has 0 atom stereocenters. The van der Waals surface area contributed by atoms with Gasteiger partial charge < -0.3 is 20.7 Å². The molecule has 6 nitrogen and oxygen atoms in total. The van der Waals surface area contributed by atoms with E-state index in [0.29, 0.717) is 5.96 Å². The standard InChI is InChI=1S/C22H36N4O2.HI/c1-4-18-9-8-10-19(15-18)26-20(27)16-24-21(23-3)25-17-22(11-6-7-12-22)13-14-28-5-2;/h8-10,15H,4-7,11-14,16-17H2,1-3H3,(H,26,27)(H2,23,24,25);1H. The van der Waals surface area contributed by atoms with Gasteiger partial charge in [0, 0.05) is 32.5 Å². The number of anilines is 1. The van der Waals surface area contributed by atoms with Crippen LogP contribution >= 0.6 is 24.0 Å². The molecule has 0 saturated heterocycles. The van der Waals surface area contributed by atoms with Gasteiger partial charge in [-0.2, -0.15) is 0 Å². The summed E-state index contributed by atoms with van der Waals surface area (Å²) in [6, 6.07) is 7.94. The zero-order valence-electron chi connectivity index (χ0n) is 18.1. The lowest BCUT2D eigenvalue weighted by Gasteiger charge is -2.30. The van der Waals surface area contributed by atoms with Gasteiger partial charge in [0.15, 0.2) is 5.96 Å². The van der Waals surface area contributed by atoms with Crippen LogP contribution in [0.4, 0.5) is 5.69 Å². The number of rotatable bonds is 10. The third-order valence-corrected chi connectivity index (χ3v) is 5.53. The average molecular weight is 516 g/mol. The molecule has 0 heterocycles. The van der Waals surface area contributed by atoms with Crippen molar-refractivity contribution in [2.24, 2.45) is 10.4 Å². The summed E-state index contributed by atoms with van der Waals surface area (Å²) in [5.41, 5.74) is 2.31. The van der Waals surface area contributed by atoms with Crippen molar-refractivity contribution in [3.8, 4) is 0 Å². The number of hydrogen-bond acceptors (Lipinski definition) is 3. The first-order valence-corrected chi connectivity index (χ1v) is 10.5. The van der Waals surface area contributed by atoms with Crippen molar-refractivity contribution in [3.63, 3.8) is 0 Å². The fourth-order valence-corrected chi connectivity index (χ4v) is 3.80. The van der Waals surface area contributed by atoms with Crippen molar-refractivity contribution in [3.05, 3.63) is 29.8 Å². The Kier molecular flexibility index (Phi) is 12.2. The van der Waals surface area contributed by atoms with E-state index in [-0.39, 0.29) is 41.8 Å². The number of carbonyl (C=O) groups is 1. The molecule has 1 saturated carbocycles. The van der Waals surface area contributed by atoms with Crippen molar-refractivity contribution >= 4 is 41.5 Å². The molecule has 1 aliphatic rings. The van der Waals surface area contributed by atoms with Gasteiger partial charge in [-0.3, -0.25) is 9.79 Å². The molecule has 0 spiro atoms. The predicted octanol–water partition coefficient (Wildman–Crippen LogP) is 3.96. The van der Waals surface area contributed by atoms with Gasteiger partial charge in [-0.05, 0) is 55.7 Å². The molecule has 2 rings (SSSR count). The topological polar surface area (TPSA) is 74.8 Å². The Bertz CT molecular complexity index is 645. The summed E-state index contributed by atoms with van der Waals surface area (Å²) in [4.78, 5) is 16.5. The third kappa shape index (κ3) is 8.90. The molecule has 0 radical (unpaired) electrons. The Morgan fingerprint density at radius 3 is 2.62 bits per heavy atom. The van der Waals surface area contributed by atoms with Crippen LogP contribution in [0.2, 0.25) is 0 Å². The van der Waals surface area contributed by atoms with Gasteiger partial charge in [0.1, 0.15) is 0 Å². The summed E-state index contributed by atoms with van der Waals surface area (Å²) in [5.74, 6) is 0.586. The van der Waals surface area contributed by atoms with Crippen LogP contribution in [-0.2, 0) is 16.0 Å². The van der Waals surface area contributed by atoms with Gasteiger partial charge in [-0.25, -0.2) is 0 Å². The SMILES string of the molecule is CCOCCC1(CNC(=NC)NCC(=O)Nc2cccc(CC)c2)CCCC1.I. The molecule has 7 heteroatoms. The van der Waals surface area contributed by atoms with Crippen LogP contribution in [0.3, 0.4) is 0 Å². The number of halogens is 1. The van der Waals surface area contributed by atoms with Crippen LogP contribution in [0.15, 0.2) is 29.3 Å². The lowest BCUT2D eigenvalue weighted by Crippen LogP contribution is -2.45. The predicted molar refractivity (Wildman–Crippen MR) is 131 cm³/mol. The second kappa shape index (κ2) is 13.8. The van der Waals surface area contributed by atoms with Crippen molar-refractivity contribution in [2.75, 3.05) is 38.7 Å². The lowest BCUT2D eigenvalue weighted by atomic mass is 9.83. The summed E-state index contributed by atoms with van der Waals surface area (Å²) in [5, 5.41) is 9.48. The molecule has 29 heavy (non-hydrogen) atoms. The van der Waals surface area contributed by atoms with Crippen molar-refractivity contribution in [2.45, 2.75) is 52.4 Å². The average Bonchev–Trinajstić information content (AvgIpc) is 3.17. The number of ether oxygens (including phenoxy) is 1. The van der Waals surface area contributed by atoms with Gasteiger partial charge in [-0.15, -0.1) is 24.0 Å². The van der Waals surface area contributed by atoms with Crippen LogP contribution in [0.25, 0.3) is 0 Å². The van der Waals surface area contributed by atoms with E-state index in [2.05, 4.69) is 33.9 Å². The molecule has 1 aromatic carbocycles. The van der Waals surface area contributed by atoms with Gasteiger partial charge in [0.25, 0.3) is 0 Å². The lowest BCUT2D eigenvalue weighted by molar-refractivity contribution is -0.115. The Labute approximate surface area is 192 Å². The maximum atomic E-state index is 12.3. The molecule has 164 valence electrons. The highest BCUT2D eigenvalue weighted by Gasteiger charge is 2.33.